The molecule has 0 aliphatic rings. The molecular formula is C9H9FO6S. The SMILES string of the molecule is O=C(O)C(O)C(O)c1ccccc1S(=O)(=O)F. The smallest absolute Gasteiger partial charge is 0.335 e. The molecular weight excluding hydrogens is 255 g/mol. The third kappa shape index (κ3) is 2.99. The zero-order valence-corrected chi connectivity index (χ0v) is 9.13. The standard InChI is InChI=1S/C9H9FO6S/c10-17(15,16)6-4-2-1-3-5(6)7(11)8(12)9(13)14/h1-4,7-8,11-12H,(H,13,14). The first-order chi connectivity index (χ1) is 7.75. The molecule has 0 radical (unpaired) electrons. The van der Waals surface area contributed by atoms with Crippen LogP contribution in [-0.4, -0.2) is 35.8 Å². The van der Waals surface area contributed by atoms with E-state index < -0.39 is 38.9 Å². The fourth-order valence-electron chi connectivity index (χ4n) is 1.25. The molecule has 0 saturated heterocycles. The van der Waals surface area contributed by atoms with Crippen molar-refractivity contribution in [3.63, 3.8) is 0 Å². The summed E-state index contributed by atoms with van der Waals surface area (Å²) in [6, 6.07) is 4.36. The van der Waals surface area contributed by atoms with Gasteiger partial charge in [-0.25, -0.2) is 4.79 Å². The van der Waals surface area contributed by atoms with E-state index in [9.17, 15) is 22.2 Å². The van der Waals surface area contributed by atoms with Crippen molar-refractivity contribution in [3.05, 3.63) is 29.8 Å². The Kier molecular flexibility index (Phi) is 3.81. The van der Waals surface area contributed by atoms with Gasteiger partial charge < -0.3 is 15.3 Å². The number of aliphatic carboxylic acids is 1. The Labute approximate surface area is 96.2 Å². The van der Waals surface area contributed by atoms with Crippen LogP contribution in [0.3, 0.4) is 0 Å². The van der Waals surface area contributed by atoms with Gasteiger partial charge in [0.15, 0.2) is 6.10 Å². The lowest BCUT2D eigenvalue weighted by Gasteiger charge is -2.16. The van der Waals surface area contributed by atoms with E-state index in [4.69, 9.17) is 10.2 Å². The van der Waals surface area contributed by atoms with Gasteiger partial charge in [0.1, 0.15) is 11.0 Å². The number of halogens is 1. The van der Waals surface area contributed by atoms with Gasteiger partial charge >= 0.3 is 16.2 Å². The number of carboxylic acid groups (broad SMARTS) is 1. The minimum atomic E-state index is -5.10. The number of aliphatic hydroxyl groups excluding tert-OH is 2. The fourth-order valence-corrected chi connectivity index (χ4v) is 1.96. The van der Waals surface area contributed by atoms with Crippen molar-refractivity contribution in [3.8, 4) is 0 Å². The van der Waals surface area contributed by atoms with Crippen molar-refractivity contribution in [2.45, 2.75) is 17.1 Å². The molecule has 0 amide bonds. The van der Waals surface area contributed by atoms with Crippen LogP contribution in [-0.2, 0) is 15.0 Å². The molecule has 0 heterocycles. The van der Waals surface area contributed by atoms with Gasteiger partial charge in [0.05, 0.1) is 0 Å². The number of carbonyl (C=O) groups is 1. The van der Waals surface area contributed by atoms with Crippen molar-refractivity contribution in [2.24, 2.45) is 0 Å². The molecule has 0 spiro atoms. The second kappa shape index (κ2) is 4.78. The van der Waals surface area contributed by atoms with E-state index in [1.54, 1.807) is 0 Å². The fraction of sp³-hybridized carbons (Fsp3) is 0.222. The number of hydrogen-bond acceptors (Lipinski definition) is 5. The highest BCUT2D eigenvalue weighted by atomic mass is 32.3. The Bertz CT molecular complexity index is 526. The lowest BCUT2D eigenvalue weighted by atomic mass is 10.0. The summed E-state index contributed by atoms with van der Waals surface area (Å²) in [6.07, 6.45) is -4.27. The number of hydrogen-bond donors (Lipinski definition) is 3. The van der Waals surface area contributed by atoms with Gasteiger partial charge in [-0.2, -0.15) is 8.42 Å². The van der Waals surface area contributed by atoms with Crippen LogP contribution in [0.5, 0.6) is 0 Å². The predicted octanol–water partition coefficient (Wildman–Crippen LogP) is -0.176. The van der Waals surface area contributed by atoms with Crippen molar-refractivity contribution in [2.75, 3.05) is 0 Å². The average molecular weight is 264 g/mol. The van der Waals surface area contributed by atoms with E-state index >= 15 is 0 Å². The van der Waals surface area contributed by atoms with E-state index in [1.807, 2.05) is 0 Å². The molecule has 0 saturated carbocycles. The van der Waals surface area contributed by atoms with Crippen molar-refractivity contribution in [1.82, 2.24) is 0 Å². The van der Waals surface area contributed by atoms with Crippen LogP contribution in [0.4, 0.5) is 3.89 Å². The monoisotopic (exact) mass is 264 g/mol. The summed E-state index contributed by atoms with van der Waals surface area (Å²) in [6.45, 7) is 0. The van der Waals surface area contributed by atoms with E-state index in [1.165, 1.54) is 12.1 Å². The van der Waals surface area contributed by atoms with Crippen LogP contribution in [0, 0.1) is 0 Å². The summed E-state index contributed by atoms with van der Waals surface area (Å²) in [5.74, 6) is -1.75. The maximum Gasteiger partial charge on any atom is 0.335 e. The van der Waals surface area contributed by atoms with Crippen molar-refractivity contribution < 1.29 is 32.4 Å². The maximum atomic E-state index is 12.8. The normalized spacial score (nSPS) is 15.2. The summed E-state index contributed by atoms with van der Waals surface area (Å²) in [4.78, 5) is 9.55. The van der Waals surface area contributed by atoms with Crippen LogP contribution in [0.25, 0.3) is 0 Å². The van der Waals surface area contributed by atoms with Gasteiger partial charge in [0, 0.05) is 5.56 Å². The van der Waals surface area contributed by atoms with Gasteiger partial charge in [0.25, 0.3) is 0 Å². The Hall–Kier alpha value is -1.51. The highest BCUT2D eigenvalue weighted by molar-refractivity contribution is 7.86. The third-order valence-corrected chi connectivity index (χ3v) is 2.95. The molecule has 3 N–H and O–H groups in total. The summed E-state index contributed by atoms with van der Waals surface area (Å²) in [7, 11) is -5.10. The van der Waals surface area contributed by atoms with Crippen LogP contribution in [0.2, 0.25) is 0 Å². The van der Waals surface area contributed by atoms with E-state index in [0.717, 1.165) is 12.1 Å². The molecule has 2 atom stereocenters. The molecule has 0 aliphatic carbocycles. The summed E-state index contributed by atoms with van der Waals surface area (Å²) < 4.78 is 34.3. The largest absolute Gasteiger partial charge is 0.479 e. The molecule has 1 rings (SSSR count). The Morgan fingerprint density at radius 2 is 1.76 bits per heavy atom. The molecule has 1 aromatic rings. The molecule has 0 aromatic heterocycles. The highest BCUT2D eigenvalue weighted by Crippen LogP contribution is 2.26. The van der Waals surface area contributed by atoms with Gasteiger partial charge in [-0.3, -0.25) is 0 Å². The van der Waals surface area contributed by atoms with Gasteiger partial charge in [0.2, 0.25) is 0 Å². The van der Waals surface area contributed by atoms with E-state index in [2.05, 4.69) is 0 Å². The molecule has 8 heteroatoms. The Morgan fingerprint density at radius 3 is 2.24 bits per heavy atom. The highest BCUT2D eigenvalue weighted by Gasteiger charge is 2.30. The molecule has 1 aromatic carbocycles. The number of carboxylic acids is 1. The first-order valence-electron chi connectivity index (χ1n) is 4.37. The number of aliphatic hydroxyl groups is 2. The summed E-state index contributed by atoms with van der Waals surface area (Å²) in [5.41, 5.74) is -0.509. The average Bonchev–Trinajstić information content (AvgIpc) is 2.25. The second-order valence-electron chi connectivity index (χ2n) is 3.20. The zero-order chi connectivity index (χ0) is 13.2. The van der Waals surface area contributed by atoms with Crippen LogP contribution in [0.1, 0.15) is 11.7 Å². The molecule has 17 heavy (non-hydrogen) atoms. The van der Waals surface area contributed by atoms with Crippen LogP contribution < -0.4 is 0 Å². The topological polar surface area (TPSA) is 112 Å². The lowest BCUT2D eigenvalue weighted by molar-refractivity contribution is -0.153. The molecule has 6 nitrogen and oxygen atoms in total. The summed E-state index contributed by atoms with van der Waals surface area (Å²) >= 11 is 0. The molecule has 0 aliphatic heterocycles. The van der Waals surface area contributed by atoms with Gasteiger partial charge in [-0.1, -0.05) is 18.2 Å². The quantitative estimate of drug-likeness (QED) is 0.650. The van der Waals surface area contributed by atoms with Gasteiger partial charge in [-0.05, 0) is 6.07 Å². The van der Waals surface area contributed by atoms with Crippen LogP contribution in [0.15, 0.2) is 29.2 Å². The minimum absolute atomic E-state index is 0.509. The van der Waals surface area contributed by atoms with E-state index in [0.29, 0.717) is 0 Å². The molecule has 2 unspecified atom stereocenters. The van der Waals surface area contributed by atoms with Crippen LogP contribution >= 0.6 is 0 Å². The molecule has 0 fully saturated rings. The van der Waals surface area contributed by atoms with Crippen molar-refractivity contribution >= 4 is 16.2 Å². The summed E-state index contributed by atoms with van der Waals surface area (Å²) in [5, 5.41) is 27.0. The minimum Gasteiger partial charge on any atom is -0.479 e. The first kappa shape index (κ1) is 13.6. The first-order valence-corrected chi connectivity index (χ1v) is 5.76. The van der Waals surface area contributed by atoms with Crippen molar-refractivity contribution in [1.29, 1.82) is 0 Å². The Balaban J connectivity index is 3.28. The molecule has 0 bridgehead atoms. The van der Waals surface area contributed by atoms with Gasteiger partial charge in [-0.15, -0.1) is 3.89 Å². The lowest BCUT2D eigenvalue weighted by Crippen LogP contribution is -2.28. The number of rotatable bonds is 4. The second-order valence-corrected chi connectivity index (χ2v) is 4.52. The van der Waals surface area contributed by atoms with E-state index in [-0.39, 0.29) is 0 Å². The molecule has 94 valence electrons. The number of benzene rings is 1. The maximum absolute atomic E-state index is 12.8. The zero-order valence-electron chi connectivity index (χ0n) is 8.32. The predicted molar refractivity (Wildman–Crippen MR) is 53.3 cm³/mol. The third-order valence-electron chi connectivity index (χ3n) is 2.05. The Morgan fingerprint density at radius 1 is 1.24 bits per heavy atom.